The number of nitrogens with one attached hydrogen (secondary N) is 1. The zero-order valence-electron chi connectivity index (χ0n) is 12.9. The standard InChI is InChI=1S/C16H24N4O/c1-3-17-12-14-16(18-15-6-4-5-9-20(14)15)19-10-7-13(21-2)8-11-19/h4-6,9,13,17H,3,7-8,10-12H2,1-2H3. The van der Waals surface area contributed by atoms with Gasteiger partial charge in [0, 0.05) is 32.9 Å². The van der Waals surface area contributed by atoms with Crippen molar-refractivity contribution in [2.45, 2.75) is 32.4 Å². The topological polar surface area (TPSA) is 41.8 Å². The third-order valence-electron chi connectivity index (χ3n) is 4.23. The van der Waals surface area contributed by atoms with Crippen molar-refractivity contribution in [2.24, 2.45) is 0 Å². The van der Waals surface area contributed by atoms with Crippen molar-refractivity contribution in [2.75, 3.05) is 31.6 Å². The van der Waals surface area contributed by atoms with E-state index >= 15 is 0 Å². The molecule has 1 aliphatic heterocycles. The Morgan fingerprint density at radius 1 is 1.33 bits per heavy atom. The summed E-state index contributed by atoms with van der Waals surface area (Å²) in [6, 6.07) is 6.17. The second-order valence-corrected chi connectivity index (χ2v) is 5.51. The fourth-order valence-corrected chi connectivity index (χ4v) is 3.00. The Hall–Kier alpha value is -1.59. The summed E-state index contributed by atoms with van der Waals surface area (Å²) < 4.78 is 7.66. The SMILES string of the molecule is CCNCc1c(N2CCC(OC)CC2)nc2ccccn12. The first-order valence-corrected chi connectivity index (χ1v) is 7.78. The van der Waals surface area contributed by atoms with Gasteiger partial charge < -0.3 is 19.4 Å². The molecule has 1 saturated heterocycles. The molecule has 3 heterocycles. The van der Waals surface area contributed by atoms with E-state index < -0.39 is 0 Å². The van der Waals surface area contributed by atoms with Crippen molar-refractivity contribution in [3.8, 4) is 0 Å². The molecule has 1 aliphatic rings. The molecule has 5 heteroatoms. The van der Waals surface area contributed by atoms with Gasteiger partial charge in [0.2, 0.25) is 0 Å². The highest BCUT2D eigenvalue weighted by molar-refractivity contribution is 5.56. The first-order valence-electron chi connectivity index (χ1n) is 7.78. The average Bonchev–Trinajstić information content (AvgIpc) is 2.91. The molecule has 0 aromatic carbocycles. The average molecular weight is 288 g/mol. The van der Waals surface area contributed by atoms with Crippen LogP contribution >= 0.6 is 0 Å². The van der Waals surface area contributed by atoms with Crippen LogP contribution in [0.25, 0.3) is 5.65 Å². The lowest BCUT2D eigenvalue weighted by Crippen LogP contribution is -2.37. The number of fused-ring (bicyclic) bond motifs is 1. The molecule has 1 N–H and O–H groups in total. The number of aromatic nitrogens is 2. The minimum atomic E-state index is 0.399. The molecule has 0 radical (unpaired) electrons. The summed E-state index contributed by atoms with van der Waals surface area (Å²) in [5, 5.41) is 3.43. The Bertz CT molecular complexity index is 587. The molecule has 2 aromatic rings. The third kappa shape index (κ3) is 2.89. The van der Waals surface area contributed by atoms with Gasteiger partial charge in [-0.2, -0.15) is 0 Å². The van der Waals surface area contributed by atoms with Gasteiger partial charge in [-0.25, -0.2) is 4.98 Å². The number of methoxy groups -OCH3 is 1. The van der Waals surface area contributed by atoms with Gasteiger partial charge in [0.25, 0.3) is 0 Å². The lowest BCUT2D eigenvalue weighted by molar-refractivity contribution is 0.0818. The number of rotatable bonds is 5. The highest BCUT2D eigenvalue weighted by Crippen LogP contribution is 2.25. The molecule has 0 bridgehead atoms. The molecule has 114 valence electrons. The molecular weight excluding hydrogens is 264 g/mol. The van der Waals surface area contributed by atoms with Crippen LogP contribution in [0.2, 0.25) is 0 Å². The van der Waals surface area contributed by atoms with Gasteiger partial charge in [0.1, 0.15) is 5.65 Å². The predicted octanol–water partition coefficient (Wildman–Crippen LogP) is 2.06. The first kappa shape index (κ1) is 14.4. The molecule has 0 amide bonds. The number of imidazole rings is 1. The highest BCUT2D eigenvalue weighted by atomic mass is 16.5. The number of anilines is 1. The van der Waals surface area contributed by atoms with Crippen molar-refractivity contribution in [1.29, 1.82) is 0 Å². The quantitative estimate of drug-likeness (QED) is 0.914. The summed E-state index contributed by atoms with van der Waals surface area (Å²) >= 11 is 0. The number of pyridine rings is 1. The van der Waals surface area contributed by atoms with E-state index in [0.717, 1.165) is 50.5 Å². The van der Waals surface area contributed by atoms with E-state index in [9.17, 15) is 0 Å². The maximum absolute atomic E-state index is 5.46. The third-order valence-corrected chi connectivity index (χ3v) is 4.23. The van der Waals surface area contributed by atoms with Crippen molar-refractivity contribution in [1.82, 2.24) is 14.7 Å². The molecule has 0 saturated carbocycles. The lowest BCUT2D eigenvalue weighted by Gasteiger charge is -2.32. The van der Waals surface area contributed by atoms with Crippen molar-refractivity contribution in [3.63, 3.8) is 0 Å². The van der Waals surface area contributed by atoms with Gasteiger partial charge >= 0.3 is 0 Å². The van der Waals surface area contributed by atoms with E-state index in [1.165, 1.54) is 5.69 Å². The second kappa shape index (κ2) is 6.45. The molecule has 1 fully saturated rings. The number of ether oxygens (including phenoxy) is 1. The molecule has 2 aromatic heterocycles. The van der Waals surface area contributed by atoms with E-state index in [2.05, 4.69) is 39.9 Å². The van der Waals surface area contributed by atoms with Crippen LogP contribution in [0.15, 0.2) is 24.4 Å². The minimum Gasteiger partial charge on any atom is -0.381 e. The molecule has 0 atom stereocenters. The summed E-state index contributed by atoms with van der Waals surface area (Å²) in [4.78, 5) is 7.25. The first-order chi connectivity index (χ1) is 10.3. The van der Waals surface area contributed by atoms with Gasteiger partial charge in [0.15, 0.2) is 5.82 Å². The van der Waals surface area contributed by atoms with E-state index in [0.29, 0.717) is 6.10 Å². The molecule has 3 rings (SSSR count). The number of nitrogens with zero attached hydrogens (tertiary/aromatic N) is 3. The smallest absolute Gasteiger partial charge is 0.152 e. The zero-order chi connectivity index (χ0) is 14.7. The Labute approximate surface area is 125 Å². The summed E-state index contributed by atoms with van der Waals surface area (Å²) in [6.07, 6.45) is 4.65. The number of hydrogen-bond acceptors (Lipinski definition) is 4. The number of hydrogen-bond donors (Lipinski definition) is 1. The predicted molar refractivity (Wildman–Crippen MR) is 84.8 cm³/mol. The van der Waals surface area contributed by atoms with Crippen LogP contribution in [0, 0.1) is 0 Å². The summed E-state index contributed by atoms with van der Waals surface area (Å²) in [7, 11) is 1.81. The molecule has 21 heavy (non-hydrogen) atoms. The fraction of sp³-hybridized carbons (Fsp3) is 0.562. The van der Waals surface area contributed by atoms with Crippen molar-refractivity contribution in [3.05, 3.63) is 30.1 Å². The van der Waals surface area contributed by atoms with Gasteiger partial charge in [-0.05, 0) is 31.5 Å². The van der Waals surface area contributed by atoms with Crippen LogP contribution in [0.4, 0.5) is 5.82 Å². The van der Waals surface area contributed by atoms with Gasteiger partial charge in [-0.1, -0.05) is 13.0 Å². The van der Waals surface area contributed by atoms with E-state index in [4.69, 9.17) is 9.72 Å². The van der Waals surface area contributed by atoms with E-state index in [-0.39, 0.29) is 0 Å². The van der Waals surface area contributed by atoms with Gasteiger partial charge in [-0.3, -0.25) is 0 Å². The van der Waals surface area contributed by atoms with Gasteiger partial charge in [-0.15, -0.1) is 0 Å². The van der Waals surface area contributed by atoms with Crippen LogP contribution in [-0.2, 0) is 11.3 Å². The summed E-state index contributed by atoms with van der Waals surface area (Å²) in [5.41, 5.74) is 2.28. The zero-order valence-corrected chi connectivity index (χ0v) is 12.9. The summed E-state index contributed by atoms with van der Waals surface area (Å²) in [6.45, 7) is 5.97. The largest absolute Gasteiger partial charge is 0.381 e. The molecule has 0 spiro atoms. The molecule has 5 nitrogen and oxygen atoms in total. The van der Waals surface area contributed by atoms with Crippen LogP contribution in [-0.4, -0.2) is 42.2 Å². The minimum absolute atomic E-state index is 0.399. The normalized spacial score (nSPS) is 16.8. The molecular formula is C16H24N4O. The van der Waals surface area contributed by atoms with E-state index in [1.807, 2.05) is 13.2 Å². The van der Waals surface area contributed by atoms with Crippen LogP contribution in [0.3, 0.4) is 0 Å². The maximum atomic E-state index is 5.46. The molecule has 0 aliphatic carbocycles. The van der Waals surface area contributed by atoms with E-state index in [1.54, 1.807) is 0 Å². The fourth-order valence-electron chi connectivity index (χ4n) is 3.00. The lowest BCUT2D eigenvalue weighted by atomic mass is 10.1. The monoisotopic (exact) mass is 288 g/mol. The van der Waals surface area contributed by atoms with Crippen LogP contribution in [0.1, 0.15) is 25.5 Å². The molecule has 0 unspecified atom stereocenters. The van der Waals surface area contributed by atoms with Gasteiger partial charge in [0.05, 0.1) is 11.8 Å². The Kier molecular flexibility index (Phi) is 4.41. The summed E-state index contributed by atoms with van der Waals surface area (Å²) in [5.74, 6) is 1.12. The highest BCUT2D eigenvalue weighted by Gasteiger charge is 2.23. The maximum Gasteiger partial charge on any atom is 0.152 e. The van der Waals surface area contributed by atoms with Crippen LogP contribution < -0.4 is 10.2 Å². The second-order valence-electron chi connectivity index (χ2n) is 5.51. The van der Waals surface area contributed by atoms with Crippen molar-refractivity contribution < 1.29 is 4.74 Å². The Morgan fingerprint density at radius 3 is 2.86 bits per heavy atom. The van der Waals surface area contributed by atoms with Crippen LogP contribution in [0.5, 0.6) is 0 Å². The Morgan fingerprint density at radius 2 is 2.14 bits per heavy atom. The Balaban J connectivity index is 1.90. The van der Waals surface area contributed by atoms with Crippen molar-refractivity contribution >= 4 is 11.5 Å². The number of piperidine rings is 1.